The van der Waals surface area contributed by atoms with Crippen LogP contribution in [0.2, 0.25) is 0 Å². The van der Waals surface area contributed by atoms with Gasteiger partial charge >= 0.3 is 5.97 Å². The highest BCUT2D eigenvalue weighted by atomic mass is 16.5. The summed E-state index contributed by atoms with van der Waals surface area (Å²) in [5.41, 5.74) is 0.645. The molecule has 0 radical (unpaired) electrons. The van der Waals surface area contributed by atoms with Crippen LogP contribution in [0, 0.1) is 6.92 Å². The van der Waals surface area contributed by atoms with Crippen molar-refractivity contribution in [3.8, 4) is 0 Å². The lowest BCUT2D eigenvalue weighted by Gasteiger charge is -2.11. The molecule has 0 spiro atoms. The van der Waals surface area contributed by atoms with Gasteiger partial charge in [-0.1, -0.05) is 12.1 Å². The number of nitrogens with one attached hydrogen (secondary N) is 1. The molecule has 0 saturated carbocycles. The van der Waals surface area contributed by atoms with E-state index >= 15 is 0 Å². The molecular formula is C9H14N2O3. The zero-order chi connectivity index (χ0) is 10.6. The van der Waals surface area contributed by atoms with Gasteiger partial charge in [0.2, 0.25) is 0 Å². The Morgan fingerprint density at radius 3 is 2.93 bits per heavy atom. The third-order valence-electron chi connectivity index (χ3n) is 1.83. The molecule has 0 aliphatic carbocycles. The van der Waals surface area contributed by atoms with Crippen LogP contribution >= 0.6 is 0 Å². The smallest absolute Gasteiger partial charge is 0.305 e. The van der Waals surface area contributed by atoms with Crippen molar-refractivity contribution in [1.29, 1.82) is 0 Å². The Balaban J connectivity index is 2.71. The second-order valence-electron chi connectivity index (χ2n) is 3.07. The van der Waals surface area contributed by atoms with Gasteiger partial charge in [0.15, 0.2) is 0 Å². The summed E-state index contributed by atoms with van der Waals surface area (Å²) in [6, 6.07) is 1.48. The molecule has 14 heavy (non-hydrogen) atoms. The normalized spacial score (nSPS) is 12.7. The number of carboxylic acid groups (broad SMARTS) is 1. The Labute approximate surface area is 82.1 Å². The number of nitrogens with zero attached hydrogens (tertiary/aromatic N) is 1. The van der Waals surface area contributed by atoms with Gasteiger partial charge in [-0.15, -0.1) is 0 Å². The first-order valence-corrected chi connectivity index (χ1v) is 4.52. The molecule has 1 aromatic heterocycles. The standard InChI is InChI=1S/C9H14N2O3/c1-3-10-7(5-9(12)13)8-4-6(2)14-11-8/h4,7,10H,3,5H2,1-2H3,(H,12,13). The number of hydrogen-bond acceptors (Lipinski definition) is 4. The fourth-order valence-electron chi connectivity index (χ4n) is 1.25. The molecule has 2 N–H and O–H groups in total. The predicted octanol–water partition coefficient (Wildman–Crippen LogP) is 1.11. The lowest BCUT2D eigenvalue weighted by Crippen LogP contribution is -2.23. The Morgan fingerprint density at radius 2 is 2.50 bits per heavy atom. The van der Waals surface area contributed by atoms with Crippen molar-refractivity contribution >= 4 is 5.97 Å². The molecule has 1 heterocycles. The molecule has 5 nitrogen and oxygen atoms in total. The van der Waals surface area contributed by atoms with Crippen LogP contribution in [0.3, 0.4) is 0 Å². The number of aromatic nitrogens is 1. The average molecular weight is 198 g/mol. The SMILES string of the molecule is CCNC(CC(=O)O)c1cc(C)on1. The lowest BCUT2D eigenvalue weighted by molar-refractivity contribution is -0.137. The zero-order valence-electron chi connectivity index (χ0n) is 8.28. The summed E-state index contributed by atoms with van der Waals surface area (Å²) in [5.74, 6) is -0.162. The van der Waals surface area contributed by atoms with Gasteiger partial charge in [0.1, 0.15) is 11.5 Å². The Morgan fingerprint density at radius 1 is 1.79 bits per heavy atom. The Kier molecular flexibility index (Phi) is 3.64. The van der Waals surface area contributed by atoms with Crippen LogP contribution in [0.15, 0.2) is 10.6 Å². The molecule has 1 atom stereocenters. The zero-order valence-corrected chi connectivity index (χ0v) is 8.28. The van der Waals surface area contributed by atoms with Gasteiger partial charge in [-0.25, -0.2) is 0 Å². The first-order valence-electron chi connectivity index (χ1n) is 4.52. The maximum atomic E-state index is 10.6. The number of carboxylic acids is 1. The summed E-state index contributed by atoms with van der Waals surface area (Å²) in [5, 5.41) is 15.5. The monoisotopic (exact) mass is 198 g/mol. The van der Waals surface area contributed by atoms with Crippen LogP contribution in [0.5, 0.6) is 0 Å². The lowest BCUT2D eigenvalue weighted by atomic mass is 10.1. The van der Waals surface area contributed by atoms with E-state index in [4.69, 9.17) is 9.63 Å². The van der Waals surface area contributed by atoms with Gasteiger partial charge in [-0.05, 0) is 13.5 Å². The molecule has 5 heteroatoms. The Hall–Kier alpha value is -1.36. The quantitative estimate of drug-likeness (QED) is 0.741. The van der Waals surface area contributed by atoms with Crippen molar-refractivity contribution in [2.75, 3.05) is 6.54 Å². The predicted molar refractivity (Wildman–Crippen MR) is 49.9 cm³/mol. The maximum Gasteiger partial charge on any atom is 0.305 e. The first-order chi connectivity index (χ1) is 6.63. The van der Waals surface area contributed by atoms with Crippen molar-refractivity contribution in [3.63, 3.8) is 0 Å². The third-order valence-corrected chi connectivity index (χ3v) is 1.83. The summed E-state index contributed by atoms with van der Waals surface area (Å²) >= 11 is 0. The van der Waals surface area contributed by atoms with E-state index in [2.05, 4.69) is 10.5 Å². The van der Waals surface area contributed by atoms with E-state index in [0.717, 1.165) is 0 Å². The van der Waals surface area contributed by atoms with E-state index in [9.17, 15) is 4.79 Å². The highest BCUT2D eigenvalue weighted by Crippen LogP contribution is 2.16. The Bertz CT molecular complexity index is 309. The maximum absolute atomic E-state index is 10.6. The van der Waals surface area contributed by atoms with Gasteiger partial charge in [0, 0.05) is 6.07 Å². The molecule has 0 amide bonds. The largest absolute Gasteiger partial charge is 0.481 e. The summed E-state index contributed by atoms with van der Waals surface area (Å²) in [4.78, 5) is 10.6. The number of hydrogen-bond donors (Lipinski definition) is 2. The highest BCUT2D eigenvalue weighted by Gasteiger charge is 2.17. The molecule has 0 aromatic carbocycles. The molecule has 0 aliphatic heterocycles. The number of rotatable bonds is 5. The van der Waals surface area contributed by atoms with E-state index in [1.54, 1.807) is 13.0 Å². The van der Waals surface area contributed by atoms with Crippen molar-refractivity contribution in [3.05, 3.63) is 17.5 Å². The molecule has 1 aromatic rings. The minimum absolute atomic E-state index is 0.0137. The molecule has 0 aliphatic rings. The van der Waals surface area contributed by atoms with Crippen LogP contribution in [0.4, 0.5) is 0 Å². The van der Waals surface area contributed by atoms with Gasteiger partial charge in [0.25, 0.3) is 0 Å². The second-order valence-corrected chi connectivity index (χ2v) is 3.07. The molecule has 1 rings (SSSR count). The van der Waals surface area contributed by atoms with E-state index in [0.29, 0.717) is 18.0 Å². The third kappa shape index (κ3) is 2.85. The van der Waals surface area contributed by atoms with E-state index < -0.39 is 5.97 Å². The molecule has 0 bridgehead atoms. The molecule has 1 unspecified atom stereocenters. The van der Waals surface area contributed by atoms with Crippen molar-refractivity contribution in [1.82, 2.24) is 10.5 Å². The van der Waals surface area contributed by atoms with Gasteiger partial charge in [0.05, 0.1) is 12.5 Å². The summed E-state index contributed by atoms with van der Waals surface area (Å²) < 4.78 is 4.89. The van der Waals surface area contributed by atoms with E-state index in [1.807, 2.05) is 6.92 Å². The highest BCUT2D eigenvalue weighted by molar-refractivity contribution is 5.67. The van der Waals surface area contributed by atoms with Gasteiger partial charge in [-0.3, -0.25) is 4.79 Å². The fraction of sp³-hybridized carbons (Fsp3) is 0.556. The van der Waals surface area contributed by atoms with Gasteiger partial charge in [-0.2, -0.15) is 0 Å². The molecule has 0 saturated heterocycles. The summed E-state index contributed by atoms with van der Waals surface area (Å²) in [7, 11) is 0. The summed E-state index contributed by atoms with van der Waals surface area (Å²) in [6.45, 7) is 4.39. The van der Waals surface area contributed by atoms with Crippen LogP contribution in [-0.4, -0.2) is 22.8 Å². The van der Waals surface area contributed by atoms with Crippen molar-refractivity contribution < 1.29 is 14.4 Å². The summed E-state index contributed by atoms with van der Waals surface area (Å²) in [6.07, 6.45) is 0.0137. The van der Waals surface area contributed by atoms with Crippen LogP contribution in [-0.2, 0) is 4.79 Å². The second kappa shape index (κ2) is 4.76. The molecular weight excluding hydrogens is 184 g/mol. The van der Waals surface area contributed by atoms with Crippen LogP contribution in [0.1, 0.15) is 30.8 Å². The molecule has 78 valence electrons. The van der Waals surface area contributed by atoms with Crippen molar-refractivity contribution in [2.24, 2.45) is 0 Å². The van der Waals surface area contributed by atoms with Gasteiger partial charge < -0.3 is 14.9 Å². The van der Waals surface area contributed by atoms with Crippen molar-refractivity contribution in [2.45, 2.75) is 26.3 Å². The number of aryl methyl sites for hydroxylation is 1. The number of carbonyl (C=O) groups is 1. The minimum Gasteiger partial charge on any atom is -0.481 e. The topological polar surface area (TPSA) is 75.4 Å². The van der Waals surface area contributed by atoms with Crippen LogP contribution in [0.25, 0.3) is 0 Å². The molecule has 0 fully saturated rings. The number of aliphatic carboxylic acids is 1. The van der Waals surface area contributed by atoms with Crippen LogP contribution < -0.4 is 5.32 Å². The minimum atomic E-state index is -0.850. The average Bonchev–Trinajstić information content (AvgIpc) is 2.50. The first kappa shape index (κ1) is 10.7. The van der Waals surface area contributed by atoms with E-state index in [-0.39, 0.29) is 12.5 Å². The fourth-order valence-corrected chi connectivity index (χ4v) is 1.25. The van der Waals surface area contributed by atoms with E-state index in [1.165, 1.54) is 0 Å².